The molecule has 0 aromatic heterocycles. The van der Waals surface area contributed by atoms with Crippen molar-refractivity contribution < 1.29 is 0 Å². The maximum absolute atomic E-state index is 6.07. The van der Waals surface area contributed by atoms with E-state index in [0.717, 1.165) is 25.9 Å². The van der Waals surface area contributed by atoms with E-state index in [2.05, 4.69) is 57.0 Å². The van der Waals surface area contributed by atoms with Crippen LogP contribution in [-0.4, -0.2) is 35.7 Å². The lowest BCUT2D eigenvalue weighted by Gasteiger charge is -2.39. The number of rotatable bonds is 2. The highest BCUT2D eigenvalue weighted by molar-refractivity contribution is 8.03. The van der Waals surface area contributed by atoms with Crippen molar-refractivity contribution in [2.45, 2.75) is 30.2 Å². The molecule has 3 aliphatic heterocycles. The van der Waals surface area contributed by atoms with Crippen LogP contribution in [0.3, 0.4) is 0 Å². The van der Waals surface area contributed by atoms with Crippen molar-refractivity contribution in [1.82, 2.24) is 10.2 Å². The van der Waals surface area contributed by atoms with Crippen molar-refractivity contribution in [2.24, 2.45) is 10.7 Å². The van der Waals surface area contributed by atoms with Gasteiger partial charge in [0.25, 0.3) is 0 Å². The molecular weight excluding hydrogens is 304 g/mol. The fraction of sp³-hybridized carbons (Fsp3) is 0.389. The van der Waals surface area contributed by atoms with Gasteiger partial charge in [-0.25, -0.2) is 0 Å². The molecule has 4 rings (SSSR count). The number of thioether (sulfide) groups is 1. The average Bonchev–Trinajstić information content (AvgIpc) is 2.62. The van der Waals surface area contributed by atoms with Crippen LogP contribution in [0.25, 0.3) is 0 Å². The van der Waals surface area contributed by atoms with Crippen molar-refractivity contribution in [2.75, 3.05) is 13.1 Å². The van der Waals surface area contributed by atoms with E-state index < -0.39 is 0 Å². The van der Waals surface area contributed by atoms with Crippen molar-refractivity contribution >= 4 is 18.1 Å². The number of benzene rings is 1. The highest BCUT2D eigenvalue weighted by Crippen LogP contribution is 2.42. The summed E-state index contributed by atoms with van der Waals surface area (Å²) in [6.45, 7) is 2.03. The summed E-state index contributed by atoms with van der Waals surface area (Å²) in [6.07, 6.45) is 6.26. The molecule has 1 aromatic rings. The molecule has 2 atom stereocenters. The Morgan fingerprint density at radius 2 is 1.96 bits per heavy atom. The molecule has 3 N–H and O–H groups in total. The van der Waals surface area contributed by atoms with Gasteiger partial charge in [-0.3, -0.25) is 4.99 Å². The van der Waals surface area contributed by atoms with Gasteiger partial charge >= 0.3 is 0 Å². The first-order chi connectivity index (χ1) is 11.3. The summed E-state index contributed by atoms with van der Waals surface area (Å²) in [6, 6.07) is 11.0. The normalized spacial score (nSPS) is 27.8. The van der Waals surface area contributed by atoms with Gasteiger partial charge in [0.15, 0.2) is 0 Å². The second-order valence-electron chi connectivity index (χ2n) is 6.26. The molecule has 4 nitrogen and oxygen atoms in total. The molecule has 3 heterocycles. The first-order valence-corrected chi connectivity index (χ1v) is 9.17. The molecule has 1 saturated heterocycles. The van der Waals surface area contributed by atoms with Gasteiger partial charge < -0.3 is 16.0 Å². The summed E-state index contributed by atoms with van der Waals surface area (Å²) in [5, 5.41) is 5.80. The number of fused-ring (bicyclic) bond motifs is 1. The largest absolute Gasteiger partial charge is 0.358 e. The molecule has 3 aliphatic rings. The number of nitrogens with zero attached hydrogens (tertiary/aromatic N) is 2. The number of aliphatic imine (C=N–C) groups is 1. The molecule has 0 spiro atoms. The van der Waals surface area contributed by atoms with Crippen LogP contribution in [0.4, 0.5) is 0 Å². The lowest BCUT2D eigenvalue weighted by Crippen LogP contribution is -2.45. The maximum Gasteiger partial charge on any atom is 0.127 e. The molecular formula is C18H22N4S. The van der Waals surface area contributed by atoms with Crippen molar-refractivity contribution in [3.05, 3.63) is 58.8 Å². The van der Waals surface area contributed by atoms with Gasteiger partial charge in [-0.05, 0) is 23.8 Å². The summed E-state index contributed by atoms with van der Waals surface area (Å²) < 4.78 is 0. The van der Waals surface area contributed by atoms with Crippen LogP contribution >= 0.6 is 11.8 Å². The van der Waals surface area contributed by atoms with Crippen LogP contribution in [0, 0.1) is 0 Å². The Bertz CT molecular complexity index is 644. The summed E-state index contributed by atoms with van der Waals surface area (Å²) in [7, 11) is 0. The van der Waals surface area contributed by atoms with E-state index in [0.29, 0.717) is 6.04 Å². The third-order valence-corrected chi connectivity index (χ3v) is 5.73. The smallest absolute Gasteiger partial charge is 0.127 e. The highest BCUT2D eigenvalue weighted by Gasteiger charge is 2.33. The van der Waals surface area contributed by atoms with Gasteiger partial charge in [-0.2, -0.15) is 0 Å². The van der Waals surface area contributed by atoms with E-state index >= 15 is 0 Å². The minimum Gasteiger partial charge on any atom is -0.358 e. The molecule has 5 heteroatoms. The zero-order chi connectivity index (χ0) is 15.6. The Labute approximate surface area is 141 Å². The van der Waals surface area contributed by atoms with Crippen molar-refractivity contribution in [3.8, 4) is 0 Å². The molecule has 0 saturated carbocycles. The molecule has 1 aromatic carbocycles. The van der Waals surface area contributed by atoms with Crippen molar-refractivity contribution in [3.63, 3.8) is 0 Å². The number of hydrogen-bond acceptors (Lipinski definition) is 5. The predicted octanol–water partition coefficient (Wildman–Crippen LogP) is 2.62. The summed E-state index contributed by atoms with van der Waals surface area (Å²) in [4.78, 5) is 7.10. The van der Waals surface area contributed by atoms with Gasteiger partial charge in [0.2, 0.25) is 0 Å². The van der Waals surface area contributed by atoms with Crippen LogP contribution in [0.1, 0.15) is 24.3 Å². The number of allylic oxidation sites excluding steroid dienone is 1. The Kier molecular flexibility index (Phi) is 4.14. The van der Waals surface area contributed by atoms with Crippen LogP contribution < -0.4 is 11.1 Å². The zero-order valence-electron chi connectivity index (χ0n) is 13.1. The number of hydrogen-bond donors (Lipinski definition) is 2. The fourth-order valence-electron chi connectivity index (χ4n) is 3.51. The maximum atomic E-state index is 6.07. The number of nitrogens with one attached hydrogen (secondary N) is 1. The summed E-state index contributed by atoms with van der Waals surface area (Å²) in [5.41, 5.74) is 8.78. The molecule has 0 bridgehead atoms. The summed E-state index contributed by atoms with van der Waals surface area (Å²) >= 11 is 1.79. The molecule has 23 heavy (non-hydrogen) atoms. The van der Waals surface area contributed by atoms with E-state index in [1.165, 1.54) is 17.0 Å². The first-order valence-electron chi connectivity index (χ1n) is 8.23. The second kappa shape index (κ2) is 6.42. The van der Waals surface area contributed by atoms with E-state index in [-0.39, 0.29) is 11.3 Å². The third-order valence-electron chi connectivity index (χ3n) is 4.78. The Hall–Kier alpha value is -1.72. The SMILES string of the molecule is NC1CCN(C2=C3C(N=CN2)SC=CC3c2ccccc2)CC1. The minimum atomic E-state index is 0.178. The lowest BCUT2D eigenvalue weighted by atomic mass is 9.89. The van der Waals surface area contributed by atoms with Crippen LogP contribution in [0.5, 0.6) is 0 Å². The van der Waals surface area contributed by atoms with Crippen LogP contribution in [0.2, 0.25) is 0 Å². The van der Waals surface area contributed by atoms with E-state index in [9.17, 15) is 0 Å². The number of nitrogens with two attached hydrogens (primary N) is 1. The fourth-order valence-corrected chi connectivity index (χ4v) is 4.44. The quantitative estimate of drug-likeness (QED) is 0.877. The highest BCUT2D eigenvalue weighted by atomic mass is 32.2. The molecule has 2 unspecified atom stereocenters. The predicted molar refractivity (Wildman–Crippen MR) is 97.1 cm³/mol. The van der Waals surface area contributed by atoms with Crippen molar-refractivity contribution in [1.29, 1.82) is 0 Å². The lowest BCUT2D eigenvalue weighted by molar-refractivity contribution is 0.251. The summed E-state index contributed by atoms with van der Waals surface area (Å²) in [5.74, 6) is 1.53. The Balaban J connectivity index is 1.72. The topological polar surface area (TPSA) is 53.6 Å². The first kappa shape index (κ1) is 14.8. The van der Waals surface area contributed by atoms with Crippen LogP contribution in [-0.2, 0) is 0 Å². The zero-order valence-corrected chi connectivity index (χ0v) is 13.9. The van der Waals surface area contributed by atoms with Crippen LogP contribution in [0.15, 0.2) is 58.2 Å². The standard InChI is InChI=1S/C18H22N4S/c19-14-6-9-22(10-7-14)17-16-15(13-4-2-1-3-5-13)8-11-23-18(16)21-12-20-17/h1-5,8,11-12,14-15,18H,6-7,9-10,19H2,(H,20,21). The number of piperidine rings is 1. The Morgan fingerprint density at radius 1 is 1.17 bits per heavy atom. The third kappa shape index (κ3) is 2.91. The second-order valence-corrected chi connectivity index (χ2v) is 7.25. The molecule has 0 radical (unpaired) electrons. The van der Waals surface area contributed by atoms with E-state index in [4.69, 9.17) is 5.73 Å². The van der Waals surface area contributed by atoms with Gasteiger partial charge in [-0.1, -0.05) is 36.4 Å². The van der Waals surface area contributed by atoms with Gasteiger partial charge in [0.05, 0.1) is 6.34 Å². The molecule has 1 fully saturated rings. The molecule has 0 amide bonds. The minimum absolute atomic E-state index is 0.178. The molecule has 120 valence electrons. The van der Waals surface area contributed by atoms with E-state index in [1.54, 1.807) is 11.8 Å². The van der Waals surface area contributed by atoms with Gasteiger partial charge in [-0.15, -0.1) is 11.8 Å². The number of likely N-dealkylation sites (tertiary alicyclic amines) is 1. The van der Waals surface area contributed by atoms with E-state index in [1.807, 2.05) is 6.34 Å². The monoisotopic (exact) mass is 326 g/mol. The Morgan fingerprint density at radius 3 is 2.74 bits per heavy atom. The molecule has 0 aliphatic carbocycles. The average molecular weight is 326 g/mol. The van der Waals surface area contributed by atoms with Gasteiger partial charge in [0.1, 0.15) is 11.2 Å². The van der Waals surface area contributed by atoms with Gasteiger partial charge in [0, 0.05) is 30.6 Å².